The molecule has 0 aliphatic carbocycles. The van der Waals surface area contributed by atoms with Crippen LogP contribution < -0.4 is 0 Å². The van der Waals surface area contributed by atoms with E-state index in [2.05, 4.69) is 17.1 Å². The summed E-state index contributed by atoms with van der Waals surface area (Å²) < 4.78 is 31.6. The first-order chi connectivity index (χ1) is 6.97. The summed E-state index contributed by atoms with van der Waals surface area (Å²) in [5.74, 6) is 0. The molecule has 1 heterocycles. The maximum Gasteiger partial charge on any atom is 0.0701 e. The molecule has 82 valence electrons. The monoisotopic (exact) mass is 267 g/mol. The molecule has 2 rings (SSSR count). The van der Waals surface area contributed by atoms with Gasteiger partial charge in [0.05, 0.1) is 5.52 Å². The molecule has 1 aromatic carbocycles. The zero-order chi connectivity index (χ0) is 11.3. The molecule has 0 saturated heterocycles. The van der Waals surface area contributed by atoms with Crippen LogP contribution in [0.2, 0.25) is 0 Å². The smallest absolute Gasteiger partial charge is 0.0701 e. The SMILES string of the molecule is O=S(=O)(O)O.[KH].c1ccc2ncccc2c1. The van der Waals surface area contributed by atoms with E-state index < -0.39 is 10.4 Å². The molecular formula is C9H10KNO4S. The summed E-state index contributed by atoms with van der Waals surface area (Å²) in [4.78, 5) is 4.18. The fraction of sp³-hybridized carbons (Fsp3) is 0. The number of benzene rings is 1. The molecule has 0 amide bonds. The van der Waals surface area contributed by atoms with Crippen LogP contribution in [-0.4, -0.2) is 73.9 Å². The van der Waals surface area contributed by atoms with Crippen molar-refractivity contribution in [2.24, 2.45) is 0 Å². The van der Waals surface area contributed by atoms with Gasteiger partial charge in [0.1, 0.15) is 0 Å². The molecule has 0 aliphatic heterocycles. The van der Waals surface area contributed by atoms with Crippen molar-refractivity contribution in [1.29, 1.82) is 0 Å². The van der Waals surface area contributed by atoms with Gasteiger partial charge in [0.25, 0.3) is 0 Å². The maximum atomic E-state index is 8.74. The third-order valence-corrected chi connectivity index (χ3v) is 1.51. The zero-order valence-electron chi connectivity index (χ0n) is 7.61. The van der Waals surface area contributed by atoms with Crippen LogP contribution in [0.3, 0.4) is 0 Å². The van der Waals surface area contributed by atoms with Crippen molar-refractivity contribution in [1.82, 2.24) is 4.98 Å². The number of hydrogen-bond donors (Lipinski definition) is 2. The quantitative estimate of drug-likeness (QED) is 0.548. The third kappa shape index (κ3) is 7.42. The molecule has 0 fully saturated rings. The van der Waals surface area contributed by atoms with E-state index in [0.717, 1.165) is 5.52 Å². The number of hydrogen-bond acceptors (Lipinski definition) is 3. The van der Waals surface area contributed by atoms with Gasteiger partial charge < -0.3 is 0 Å². The number of fused-ring (bicyclic) bond motifs is 1. The number of nitrogens with zero attached hydrogens (tertiary/aromatic N) is 1. The standard InChI is InChI=1S/C9H7N.K.H2O4S.H/c1-2-6-9-8(4-1)5-3-7-10-9;;1-5(2,3)4;/h1-7H;;(H2,1,2,3,4);. The molecular weight excluding hydrogens is 257 g/mol. The zero-order valence-corrected chi connectivity index (χ0v) is 8.42. The van der Waals surface area contributed by atoms with Crippen molar-refractivity contribution >= 4 is 72.7 Å². The van der Waals surface area contributed by atoms with Gasteiger partial charge in [-0.2, -0.15) is 8.42 Å². The summed E-state index contributed by atoms with van der Waals surface area (Å²) in [6, 6.07) is 12.1. The van der Waals surface area contributed by atoms with Crippen LogP contribution >= 0.6 is 0 Å². The van der Waals surface area contributed by atoms with Crippen LogP contribution in [0.1, 0.15) is 0 Å². The van der Waals surface area contributed by atoms with Gasteiger partial charge in [0.2, 0.25) is 0 Å². The maximum absolute atomic E-state index is 8.74. The minimum atomic E-state index is -4.67. The molecule has 0 radical (unpaired) electrons. The Bertz CT molecular complexity index is 470. The van der Waals surface area contributed by atoms with Gasteiger partial charge in [-0.3, -0.25) is 14.1 Å². The van der Waals surface area contributed by atoms with Crippen molar-refractivity contribution in [2.75, 3.05) is 0 Å². The summed E-state index contributed by atoms with van der Waals surface area (Å²) in [5.41, 5.74) is 1.06. The summed E-state index contributed by atoms with van der Waals surface area (Å²) in [6.07, 6.45) is 1.81. The summed E-state index contributed by atoms with van der Waals surface area (Å²) in [5, 5.41) is 1.20. The number of pyridine rings is 1. The van der Waals surface area contributed by atoms with Crippen LogP contribution in [-0.2, 0) is 10.4 Å². The molecule has 2 N–H and O–H groups in total. The Hall–Kier alpha value is 0.136. The van der Waals surface area contributed by atoms with E-state index in [-0.39, 0.29) is 51.4 Å². The fourth-order valence-electron chi connectivity index (χ4n) is 1.02. The van der Waals surface area contributed by atoms with Crippen molar-refractivity contribution < 1.29 is 17.5 Å². The van der Waals surface area contributed by atoms with Crippen LogP contribution in [0, 0.1) is 0 Å². The molecule has 2 aromatic rings. The molecule has 1 aromatic heterocycles. The molecule has 0 aliphatic rings. The number of aromatic nitrogens is 1. The second-order valence-electron chi connectivity index (χ2n) is 2.64. The van der Waals surface area contributed by atoms with Crippen LogP contribution in [0.4, 0.5) is 0 Å². The average molecular weight is 267 g/mol. The first-order valence-corrected chi connectivity index (χ1v) is 5.36. The van der Waals surface area contributed by atoms with E-state index in [4.69, 9.17) is 17.5 Å². The predicted octanol–water partition coefficient (Wildman–Crippen LogP) is 0.933. The Labute approximate surface area is 136 Å². The largest absolute Gasteiger partial charge is 0.256 e. The minimum Gasteiger partial charge on any atom is -0.256 e. The molecule has 16 heavy (non-hydrogen) atoms. The Morgan fingerprint density at radius 1 is 1.00 bits per heavy atom. The van der Waals surface area contributed by atoms with Gasteiger partial charge in [-0.15, -0.1) is 0 Å². The Kier molecular flexibility index (Phi) is 7.52. The van der Waals surface area contributed by atoms with E-state index in [9.17, 15) is 0 Å². The molecule has 0 bridgehead atoms. The first kappa shape index (κ1) is 16.1. The number of rotatable bonds is 0. The summed E-state index contributed by atoms with van der Waals surface area (Å²) in [6.45, 7) is 0. The summed E-state index contributed by atoms with van der Waals surface area (Å²) in [7, 11) is -4.67. The van der Waals surface area contributed by atoms with Crippen molar-refractivity contribution in [3.63, 3.8) is 0 Å². The van der Waals surface area contributed by atoms with Crippen LogP contribution in [0.15, 0.2) is 42.6 Å². The van der Waals surface area contributed by atoms with E-state index in [0.29, 0.717) is 0 Å². The van der Waals surface area contributed by atoms with Gasteiger partial charge in [0, 0.05) is 11.6 Å². The predicted molar refractivity (Wildman–Crippen MR) is 63.1 cm³/mol. The second-order valence-corrected chi connectivity index (χ2v) is 3.54. The van der Waals surface area contributed by atoms with Gasteiger partial charge >= 0.3 is 61.8 Å². The van der Waals surface area contributed by atoms with Gasteiger partial charge in [-0.25, -0.2) is 0 Å². The van der Waals surface area contributed by atoms with E-state index in [1.165, 1.54) is 5.39 Å². The van der Waals surface area contributed by atoms with Crippen molar-refractivity contribution in [3.8, 4) is 0 Å². The first-order valence-electron chi connectivity index (χ1n) is 3.96. The van der Waals surface area contributed by atoms with E-state index >= 15 is 0 Å². The number of para-hydroxylation sites is 1. The topological polar surface area (TPSA) is 87.5 Å². The molecule has 0 spiro atoms. The normalized spacial score (nSPS) is 9.88. The van der Waals surface area contributed by atoms with Crippen LogP contribution in [0.5, 0.6) is 0 Å². The second kappa shape index (κ2) is 7.46. The molecule has 0 atom stereocenters. The van der Waals surface area contributed by atoms with Gasteiger partial charge in [-0.05, 0) is 12.1 Å². The molecule has 0 unspecified atom stereocenters. The van der Waals surface area contributed by atoms with E-state index in [1.807, 2.05) is 30.5 Å². The van der Waals surface area contributed by atoms with E-state index in [1.54, 1.807) is 0 Å². The Morgan fingerprint density at radius 3 is 2.06 bits per heavy atom. The van der Waals surface area contributed by atoms with Gasteiger partial charge in [-0.1, -0.05) is 24.3 Å². The van der Waals surface area contributed by atoms with Crippen molar-refractivity contribution in [2.45, 2.75) is 0 Å². The Morgan fingerprint density at radius 2 is 1.50 bits per heavy atom. The van der Waals surface area contributed by atoms with Gasteiger partial charge in [0.15, 0.2) is 0 Å². The third-order valence-electron chi connectivity index (χ3n) is 1.51. The Balaban J connectivity index is 0.000000330. The summed E-state index contributed by atoms with van der Waals surface area (Å²) >= 11 is 0. The fourth-order valence-corrected chi connectivity index (χ4v) is 1.02. The van der Waals surface area contributed by atoms with Crippen LogP contribution in [0.25, 0.3) is 10.9 Å². The molecule has 7 heteroatoms. The molecule has 0 saturated carbocycles. The molecule has 5 nitrogen and oxygen atoms in total. The van der Waals surface area contributed by atoms with Crippen molar-refractivity contribution in [3.05, 3.63) is 42.6 Å². The average Bonchev–Trinajstić information content (AvgIpc) is 2.16. The minimum absolute atomic E-state index is 0.